The smallest absolute Gasteiger partial charge is 0.325 e. The fourth-order valence-corrected chi connectivity index (χ4v) is 4.59. The molecule has 0 unspecified atom stereocenters. The summed E-state index contributed by atoms with van der Waals surface area (Å²) in [6.45, 7) is -0.213. The summed E-state index contributed by atoms with van der Waals surface area (Å²) in [6.07, 6.45) is 0. The number of carbonyl (C=O) groups excluding carboxylic acids is 2. The summed E-state index contributed by atoms with van der Waals surface area (Å²) in [7, 11) is 1.27. The molecule has 7 nitrogen and oxygen atoms in total. The number of thiazole rings is 1. The van der Waals surface area contributed by atoms with E-state index in [1.165, 1.54) is 27.7 Å². The molecule has 0 fully saturated rings. The third-order valence-corrected chi connectivity index (χ3v) is 5.83. The summed E-state index contributed by atoms with van der Waals surface area (Å²) in [5, 5.41) is 0. The Hall–Kier alpha value is -3.52. The molecule has 138 valence electrons. The molecule has 0 saturated carbocycles. The van der Waals surface area contributed by atoms with Gasteiger partial charge in [0.25, 0.3) is 11.5 Å². The monoisotopic (exact) mass is 391 g/mol. The topological polar surface area (TPSA) is 81.0 Å². The molecular formula is C20H13N3O4S. The summed E-state index contributed by atoms with van der Waals surface area (Å²) >= 11 is 1.18. The van der Waals surface area contributed by atoms with E-state index in [1.807, 2.05) is 24.3 Å². The molecule has 0 bridgehead atoms. The van der Waals surface area contributed by atoms with E-state index < -0.39 is 11.9 Å². The second kappa shape index (κ2) is 6.00. The predicted octanol–water partition coefficient (Wildman–Crippen LogP) is 1.35. The van der Waals surface area contributed by atoms with Crippen LogP contribution in [0, 0.1) is 0 Å². The quantitative estimate of drug-likeness (QED) is 0.482. The number of amides is 1. The first-order chi connectivity index (χ1) is 13.6. The van der Waals surface area contributed by atoms with Crippen LogP contribution >= 0.6 is 11.3 Å². The van der Waals surface area contributed by atoms with Crippen molar-refractivity contribution in [2.24, 2.45) is 0 Å². The molecule has 5 rings (SSSR count). The van der Waals surface area contributed by atoms with Crippen LogP contribution in [-0.4, -0.2) is 34.9 Å². The van der Waals surface area contributed by atoms with E-state index in [4.69, 9.17) is 4.74 Å². The van der Waals surface area contributed by atoms with Gasteiger partial charge in [0.2, 0.25) is 0 Å². The van der Waals surface area contributed by atoms with Crippen molar-refractivity contribution in [2.75, 3.05) is 18.6 Å². The number of rotatable bonds is 2. The van der Waals surface area contributed by atoms with E-state index in [9.17, 15) is 14.4 Å². The molecule has 0 N–H and O–H groups in total. The van der Waals surface area contributed by atoms with Crippen molar-refractivity contribution in [2.45, 2.75) is 0 Å². The fraction of sp³-hybridized carbons (Fsp3) is 0.100. The Morgan fingerprint density at radius 3 is 2.68 bits per heavy atom. The van der Waals surface area contributed by atoms with Crippen LogP contribution in [0.1, 0.15) is 5.56 Å². The molecule has 8 heteroatoms. The van der Waals surface area contributed by atoms with Gasteiger partial charge in [0.1, 0.15) is 11.1 Å². The summed E-state index contributed by atoms with van der Waals surface area (Å²) in [5.41, 5.74) is 2.66. The zero-order valence-electron chi connectivity index (χ0n) is 14.7. The maximum absolute atomic E-state index is 13.2. The molecule has 0 atom stereocenters. The predicted molar refractivity (Wildman–Crippen MR) is 105 cm³/mol. The number of imidazole rings is 1. The number of esters is 1. The van der Waals surface area contributed by atoms with Crippen LogP contribution in [0.15, 0.2) is 53.3 Å². The van der Waals surface area contributed by atoms with E-state index in [0.717, 1.165) is 5.52 Å². The summed E-state index contributed by atoms with van der Waals surface area (Å²) in [5.74, 6) is -0.920. The van der Waals surface area contributed by atoms with Crippen LogP contribution < -0.4 is 15.0 Å². The number of hydrogen-bond donors (Lipinski definition) is 0. The van der Waals surface area contributed by atoms with Crippen molar-refractivity contribution in [3.05, 3.63) is 69.0 Å². The van der Waals surface area contributed by atoms with Crippen molar-refractivity contribution < 1.29 is 14.3 Å². The minimum atomic E-state index is -0.529. The lowest BCUT2D eigenvalue weighted by Crippen LogP contribution is -2.35. The molecule has 2 aromatic heterocycles. The van der Waals surface area contributed by atoms with Gasteiger partial charge in [-0.15, -0.1) is 0 Å². The average Bonchev–Trinajstić information content (AvgIpc) is 3.31. The van der Waals surface area contributed by atoms with Crippen molar-refractivity contribution >= 4 is 50.5 Å². The number of hydrogen-bond acceptors (Lipinski definition) is 6. The minimum Gasteiger partial charge on any atom is -0.468 e. The molecule has 0 aliphatic carbocycles. The first-order valence-corrected chi connectivity index (χ1v) is 9.34. The Bertz CT molecular complexity index is 1400. The van der Waals surface area contributed by atoms with Gasteiger partial charge < -0.3 is 4.74 Å². The first kappa shape index (κ1) is 16.6. The highest BCUT2D eigenvalue weighted by Gasteiger charge is 2.35. The highest BCUT2D eigenvalue weighted by molar-refractivity contribution is 7.15. The molecule has 0 spiro atoms. The number of fused-ring (bicyclic) bond motifs is 4. The number of carbonyl (C=O) groups is 2. The third-order valence-electron chi connectivity index (χ3n) is 4.79. The van der Waals surface area contributed by atoms with Crippen LogP contribution in [0.25, 0.3) is 21.6 Å². The molecule has 3 heterocycles. The minimum absolute atomic E-state index is 0.213. The molecular weight excluding hydrogens is 378 g/mol. The molecule has 1 aliphatic heterocycles. The highest BCUT2D eigenvalue weighted by atomic mass is 32.1. The molecule has 0 radical (unpaired) electrons. The molecule has 28 heavy (non-hydrogen) atoms. The molecule has 2 aromatic carbocycles. The Balaban J connectivity index is 1.82. The maximum atomic E-state index is 13.2. The molecule has 1 amide bonds. The zero-order valence-corrected chi connectivity index (χ0v) is 15.5. The van der Waals surface area contributed by atoms with Crippen molar-refractivity contribution in [1.29, 1.82) is 0 Å². The standard InChI is InChI=1S/C20H13N3O4S/c1-27-15(24)10-22-13-8-4-2-6-11(13)16(18(22)25)17-19(26)23-14-9-5-3-7-12(14)21-20(23)28-17/h2-9H,10H2,1H3/b17-16-. The normalized spacial score (nSPS) is 15.5. The average molecular weight is 391 g/mol. The van der Waals surface area contributed by atoms with E-state index in [0.29, 0.717) is 31.8 Å². The van der Waals surface area contributed by atoms with Gasteiger partial charge in [-0.3, -0.25) is 19.3 Å². The Morgan fingerprint density at radius 1 is 1.11 bits per heavy atom. The molecule has 0 saturated heterocycles. The first-order valence-electron chi connectivity index (χ1n) is 8.52. The van der Waals surface area contributed by atoms with Gasteiger partial charge in [0, 0.05) is 5.56 Å². The van der Waals surface area contributed by atoms with Crippen LogP contribution in [0.3, 0.4) is 0 Å². The maximum Gasteiger partial charge on any atom is 0.325 e. The highest BCUT2D eigenvalue weighted by Crippen LogP contribution is 2.35. The van der Waals surface area contributed by atoms with E-state index in [-0.39, 0.29) is 12.1 Å². The van der Waals surface area contributed by atoms with Crippen LogP contribution in [0.2, 0.25) is 0 Å². The number of para-hydroxylation sites is 3. The van der Waals surface area contributed by atoms with E-state index in [1.54, 1.807) is 24.3 Å². The number of nitrogens with zero attached hydrogens (tertiary/aromatic N) is 3. The summed E-state index contributed by atoms with van der Waals surface area (Å²) in [6, 6.07) is 14.5. The molecule has 4 aromatic rings. The van der Waals surface area contributed by atoms with Crippen LogP contribution in [-0.2, 0) is 14.3 Å². The van der Waals surface area contributed by atoms with Crippen molar-refractivity contribution in [3.63, 3.8) is 0 Å². The van der Waals surface area contributed by atoms with Crippen LogP contribution in [0.5, 0.6) is 0 Å². The van der Waals surface area contributed by atoms with Crippen molar-refractivity contribution in [1.82, 2.24) is 9.38 Å². The van der Waals surface area contributed by atoms with Gasteiger partial charge in [-0.25, -0.2) is 9.38 Å². The number of anilines is 1. The third kappa shape index (κ3) is 2.21. The van der Waals surface area contributed by atoms with Gasteiger partial charge in [-0.1, -0.05) is 41.7 Å². The number of benzene rings is 2. The second-order valence-electron chi connectivity index (χ2n) is 6.31. The zero-order chi connectivity index (χ0) is 19.4. The summed E-state index contributed by atoms with van der Waals surface area (Å²) < 4.78 is 6.56. The van der Waals surface area contributed by atoms with E-state index >= 15 is 0 Å². The lowest BCUT2D eigenvalue weighted by molar-refractivity contribution is -0.139. The van der Waals surface area contributed by atoms with Gasteiger partial charge in [-0.05, 0) is 18.2 Å². The second-order valence-corrected chi connectivity index (χ2v) is 7.29. The Kier molecular flexibility index (Phi) is 3.56. The number of methoxy groups -OCH3 is 1. The number of ether oxygens (including phenoxy) is 1. The lowest BCUT2D eigenvalue weighted by atomic mass is 10.1. The van der Waals surface area contributed by atoms with Gasteiger partial charge in [-0.2, -0.15) is 0 Å². The summed E-state index contributed by atoms with van der Waals surface area (Å²) in [4.78, 5) is 44.5. The Morgan fingerprint density at radius 2 is 1.86 bits per heavy atom. The van der Waals surface area contributed by atoms with E-state index in [2.05, 4.69) is 4.98 Å². The molecule has 1 aliphatic rings. The van der Waals surface area contributed by atoms with Crippen molar-refractivity contribution in [3.8, 4) is 0 Å². The SMILES string of the molecule is COC(=O)CN1C(=O)/C(=c2\sc3nc4ccccc4n3c2=O)c2ccccc21. The fourth-order valence-electron chi connectivity index (χ4n) is 3.51. The lowest BCUT2D eigenvalue weighted by Gasteiger charge is -2.14. The van der Waals surface area contributed by atoms with Gasteiger partial charge in [0.05, 0.1) is 29.4 Å². The van der Waals surface area contributed by atoms with Gasteiger partial charge in [0.15, 0.2) is 4.96 Å². The Labute approximate surface area is 162 Å². The number of aromatic nitrogens is 2. The van der Waals surface area contributed by atoms with Crippen LogP contribution in [0.4, 0.5) is 5.69 Å². The largest absolute Gasteiger partial charge is 0.468 e. The van der Waals surface area contributed by atoms with Gasteiger partial charge >= 0.3 is 5.97 Å².